The minimum absolute atomic E-state index is 0.0565. The zero-order valence-corrected chi connectivity index (χ0v) is 16.0. The van der Waals surface area contributed by atoms with Crippen molar-refractivity contribution in [3.8, 4) is 0 Å². The molecule has 4 rings (SSSR count). The molecule has 3 saturated heterocycles. The molecule has 3 aliphatic heterocycles. The van der Waals surface area contributed by atoms with Gasteiger partial charge in [0.25, 0.3) is 5.91 Å². The number of hydrogen-bond donors (Lipinski definition) is 0. The summed E-state index contributed by atoms with van der Waals surface area (Å²) in [4.78, 5) is 32.6. The first-order chi connectivity index (χ1) is 12.5. The largest absolute Gasteiger partial charge is 0.367 e. The van der Waals surface area contributed by atoms with Gasteiger partial charge < -0.3 is 14.5 Å². The van der Waals surface area contributed by atoms with Crippen LogP contribution >= 0.6 is 11.8 Å². The van der Waals surface area contributed by atoms with Gasteiger partial charge in [-0.15, -0.1) is 11.8 Å². The maximum absolute atomic E-state index is 12.6. The Balaban J connectivity index is 1.24. The molecule has 140 valence electrons. The number of pyridine rings is 1. The van der Waals surface area contributed by atoms with E-state index < -0.39 is 0 Å². The topological polar surface area (TPSA) is 62.7 Å². The number of ether oxygens (including phenoxy) is 1. The SMILES string of the molecule is Cc1cncc(C(=O)N2CC3(CC(OCC(=O)N4CCCC4)CS3)C2)c1. The summed E-state index contributed by atoms with van der Waals surface area (Å²) in [6.45, 7) is 5.39. The molecule has 1 spiro atoms. The predicted molar refractivity (Wildman–Crippen MR) is 100 cm³/mol. The summed E-state index contributed by atoms with van der Waals surface area (Å²) >= 11 is 1.88. The Morgan fingerprint density at radius 3 is 2.77 bits per heavy atom. The number of thioether (sulfide) groups is 1. The monoisotopic (exact) mass is 375 g/mol. The van der Waals surface area contributed by atoms with E-state index in [-0.39, 0.29) is 29.3 Å². The molecule has 2 amide bonds. The van der Waals surface area contributed by atoms with E-state index in [0.717, 1.165) is 56.8 Å². The van der Waals surface area contributed by atoms with Gasteiger partial charge in [0.05, 0.1) is 16.4 Å². The highest BCUT2D eigenvalue weighted by molar-refractivity contribution is 8.01. The number of nitrogens with zero attached hydrogens (tertiary/aromatic N) is 3. The highest BCUT2D eigenvalue weighted by atomic mass is 32.2. The lowest BCUT2D eigenvalue weighted by Crippen LogP contribution is -2.60. The highest BCUT2D eigenvalue weighted by Gasteiger charge is 2.51. The van der Waals surface area contributed by atoms with Gasteiger partial charge in [0.15, 0.2) is 0 Å². The molecular weight excluding hydrogens is 350 g/mol. The van der Waals surface area contributed by atoms with Gasteiger partial charge in [0.1, 0.15) is 6.61 Å². The smallest absolute Gasteiger partial charge is 0.255 e. The third kappa shape index (κ3) is 3.60. The number of hydrogen-bond acceptors (Lipinski definition) is 5. The van der Waals surface area contributed by atoms with Crippen LogP contribution in [-0.2, 0) is 9.53 Å². The fourth-order valence-electron chi connectivity index (χ4n) is 4.02. The van der Waals surface area contributed by atoms with E-state index in [1.54, 1.807) is 12.4 Å². The Labute approximate surface area is 158 Å². The van der Waals surface area contributed by atoms with E-state index >= 15 is 0 Å². The summed E-state index contributed by atoms with van der Waals surface area (Å²) in [5.41, 5.74) is 1.66. The first-order valence-corrected chi connectivity index (χ1v) is 10.3. The molecule has 1 aromatic heterocycles. The van der Waals surface area contributed by atoms with Crippen molar-refractivity contribution in [2.45, 2.75) is 37.0 Å². The third-order valence-corrected chi connectivity index (χ3v) is 7.02. The van der Waals surface area contributed by atoms with Gasteiger partial charge in [-0.05, 0) is 37.8 Å². The molecule has 0 saturated carbocycles. The summed E-state index contributed by atoms with van der Waals surface area (Å²) in [6, 6.07) is 1.89. The number of likely N-dealkylation sites (tertiary alicyclic amines) is 2. The van der Waals surface area contributed by atoms with Crippen molar-refractivity contribution >= 4 is 23.6 Å². The van der Waals surface area contributed by atoms with Crippen LogP contribution in [0.3, 0.4) is 0 Å². The van der Waals surface area contributed by atoms with Crippen LogP contribution in [0.4, 0.5) is 0 Å². The molecule has 0 aromatic carbocycles. The minimum Gasteiger partial charge on any atom is -0.367 e. The molecule has 4 heterocycles. The highest BCUT2D eigenvalue weighted by Crippen LogP contribution is 2.46. The molecule has 7 heteroatoms. The fraction of sp³-hybridized carbons (Fsp3) is 0.632. The van der Waals surface area contributed by atoms with Crippen molar-refractivity contribution in [3.05, 3.63) is 29.6 Å². The lowest BCUT2D eigenvalue weighted by Gasteiger charge is -2.47. The van der Waals surface area contributed by atoms with Crippen molar-refractivity contribution in [2.75, 3.05) is 38.5 Å². The van der Waals surface area contributed by atoms with Crippen LogP contribution in [0.2, 0.25) is 0 Å². The first kappa shape index (κ1) is 17.8. The zero-order chi connectivity index (χ0) is 18.1. The van der Waals surface area contributed by atoms with Crippen molar-refractivity contribution in [2.24, 2.45) is 0 Å². The number of aryl methyl sites for hydroxylation is 1. The third-order valence-electron chi connectivity index (χ3n) is 5.44. The molecule has 26 heavy (non-hydrogen) atoms. The number of carbonyl (C=O) groups is 2. The lowest BCUT2D eigenvalue weighted by molar-refractivity contribution is -0.136. The van der Waals surface area contributed by atoms with Crippen molar-refractivity contribution < 1.29 is 14.3 Å². The normalized spacial score (nSPS) is 24.1. The Kier molecular flexibility index (Phi) is 4.92. The average Bonchev–Trinajstić information content (AvgIpc) is 3.27. The van der Waals surface area contributed by atoms with Crippen molar-refractivity contribution in [1.82, 2.24) is 14.8 Å². The van der Waals surface area contributed by atoms with Crippen LogP contribution in [0.1, 0.15) is 35.2 Å². The zero-order valence-electron chi connectivity index (χ0n) is 15.1. The van der Waals surface area contributed by atoms with Gasteiger partial charge >= 0.3 is 0 Å². The number of rotatable bonds is 4. The molecule has 0 radical (unpaired) electrons. The van der Waals surface area contributed by atoms with Gasteiger partial charge in [0.2, 0.25) is 5.91 Å². The summed E-state index contributed by atoms with van der Waals surface area (Å²) < 4.78 is 5.98. The number of amides is 2. The summed E-state index contributed by atoms with van der Waals surface area (Å²) in [5, 5.41) is 0. The minimum atomic E-state index is 0.0565. The van der Waals surface area contributed by atoms with Crippen LogP contribution in [0.15, 0.2) is 18.5 Å². The van der Waals surface area contributed by atoms with Crippen molar-refractivity contribution in [3.63, 3.8) is 0 Å². The van der Waals surface area contributed by atoms with E-state index in [4.69, 9.17) is 4.74 Å². The predicted octanol–water partition coefficient (Wildman–Crippen LogP) is 1.73. The van der Waals surface area contributed by atoms with Crippen LogP contribution in [0.5, 0.6) is 0 Å². The Morgan fingerprint density at radius 2 is 2.04 bits per heavy atom. The number of carbonyl (C=O) groups excluding carboxylic acids is 2. The quantitative estimate of drug-likeness (QED) is 0.802. The average molecular weight is 375 g/mol. The van der Waals surface area contributed by atoms with Crippen LogP contribution in [0.25, 0.3) is 0 Å². The van der Waals surface area contributed by atoms with E-state index in [9.17, 15) is 9.59 Å². The van der Waals surface area contributed by atoms with Crippen LogP contribution in [0, 0.1) is 6.92 Å². The second kappa shape index (κ2) is 7.19. The van der Waals surface area contributed by atoms with E-state index in [1.165, 1.54) is 0 Å². The van der Waals surface area contributed by atoms with E-state index in [0.29, 0.717) is 5.56 Å². The Hall–Kier alpha value is -1.60. The van der Waals surface area contributed by atoms with Gasteiger partial charge in [-0.3, -0.25) is 14.6 Å². The molecule has 1 atom stereocenters. The molecule has 3 fully saturated rings. The summed E-state index contributed by atoms with van der Waals surface area (Å²) in [6.07, 6.45) is 6.64. The maximum atomic E-state index is 12.6. The van der Waals surface area contributed by atoms with Gasteiger partial charge in [-0.25, -0.2) is 0 Å². The standard InChI is InChI=1S/C19H25N3O3S/c1-14-6-15(9-20-8-14)18(24)22-12-19(13-22)7-16(11-26-19)25-10-17(23)21-4-2-3-5-21/h6,8-9,16H,2-5,7,10-13H2,1H3. The number of aromatic nitrogens is 1. The molecule has 6 nitrogen and oxygen atoms in total. The molecule has 3 aliphatic rings. The lowest BCUT2D eigenvalue weighted by atomic mass is 9.92. The van der Waals surface area contributed by atoms with E-state index in [1.807, 2.05) is 34.6 Å². The Bertz CT molecular complexity index is 699. The second-order valence-corrected chi connectivity index (χ2v) is 9.12. The molecule has 1 aromatic rings. The molecule has 1 unspecified atom stereocenters. The van der Waals surface area contributed by atoms with Crippen molar-refractivity contribution in [1.29, 1.82) is 0 Å². The molecule has 0 aliphatic carbocycles. The van der Waals surface area contributed by atoms with Gasteiger partial charge in [-0.1, -0.05) is 0 Å². The molecular formula is C19H25N3O3S. The molecule has 0 N–H and O–H groups in total. The first-order valence-electron chi connectivity index (χ1n) is 9.29. The van der Waals surface area contributed by atoms with Gasteiger partial charge in [0, 0.05) is 44.3 Å². The summed E-state index contributed by atoms with van der Waals surface area (Å²) in [7, 11) is 0. The Morgan fingerprint density at radius 1 is 1.27 bits per heavy atom. The van der Waals surface area contributed by atoms with Crippen LogP contribution in [-0.4, -0.2) is 76.0 Å². The molecule has 0 bridgehead atoms. The summed E-state index contributed by atoms with van der Waals surface area (Å²) in [5.74, 6) is 1.08. The van der Waals surface area contributed by atoms with Gasteiger partial charge in [-0.2, -0.15) is 0 Å². The second-order valence-electron chi connectivity index (χ2n) is 7.63. The van der Waals surface area contributed by atoms with E-state index in [2.05, 4.69) is 4.98 Å². The maximum Gasteiger partial charge on any atom is 0.255 e. The fourth-order valence-corrected chi connectivity index (χ4v) is 5.58. The van der Waals surface area contributed by atoms with Crippen LogP contribution < -0.4 is 0 Å².